The molecular weight excluding hydrogens is 239 g/mol. The highest BCUT2D eigenvalue weighted by Crippen LogP contribution is 2.24. The largest absolute Gasteiger partial charge is 0.489 e. The molecule has 0 fully saturated rings. The molecule has 0 unspecified atom stereocenters. The van der Waals surface area contributed by atoms with Gasteiger partial charge in [0.25, 0.3) is 0 Å². The van der Waals surface area contributed by atoms with Crippen molar-refractivity contribution in [3.8, 4) is 0 Å². The Hall–Kier alpha value is -0.975. The first kappa shape index (κ1) is 14.1. The third kappa shape index (κ3) is 2.34. The highest BCUT2D eigenvalue weighted by molar-refractivity contribution is 7.80. The Morgan fingerprint density at radius 3 is 2.12 bits per heavy atom. The van der Waals surface area contributed by atoms with Crippen LogP contribution >= 0.6 is 12.6 Å². The van der Waals surface area contributed by atoms with Gasteiger partial charge in [0.2, 0.25) is 0 Å². The summed E-state index contributed by atoms with van der Waals surface area (Å²) in [5.41, 5.74) is 2.50. The number of methoxy groups -OCH3 is 1. The summed E-state index contributed by atoms with van der Waals surface area (Å²) in [7, 11) is -0.348. The molecule has 0 atom stereocenters. The maximum absolute atomic E-state index is 11.7. The van der Waals surface area contributed by atoms with Crippen LogP contribution in [0.25, 0.3) is 0 Å². The number of benzene rings is 1. The molecule has 0 aromatic heterocycles. The normalized spacial score (nSPS) is 10.3. The molecule has 0 heterocycles. The van der Waals surface area contributed by atoms with Gasteiger partial charge in [-0.15, -0.1) is 12.6 Å². The first-order valence-corrected chi connectivity index (χ1v) is 5.54. The van der Waals surface area contributed by atoms with E-state index in [1.807, 2.05) is 0 Å². The molecule has 0 amide bonds. The number of esters is 1. The van der Waals surface area contributed by atoms with Crippen molar-refractivity contribution in [1.82, 2.24) is 0 Å². The van der Waals surface area contributed by atoms with Gasteiger partial charge in [-0.3, -0.25) is 0 Å². The van der Waals surface area contributed by atoms with E-state index in [2.05, 4.69) is 12.6 Å². The van der Waals surface area contributed by atoms with E-state index < -0.39 is 13.1 Å². The topological polar surface area (TPSA) is 66.8 Å². The van der Waals surface area contributed by atoms with Gasteiger partial charge in [0, 0.05) is 4.90 Å². The van der Waals surface area contributed by atoms with Gasteiger partial charge in [0.05, 0.1) is 12.7 Å². The lowest BCUT2D eigenvalue weighted by Gasteiger charge is -2.18. The molecule has 1 aromatic rings. The third-order valence-electron chi connectivity index (χ3n) is 2.92. The molecule has 0 saturated heterocycles. The molecule has 0 aliphatic heterocycles. The lowest BCUT2D eigenvalue weighted by Crippen LogP contribution is -2.36. The first-order valence-electron chi connectivity index (χ1n) is 5.10. The fraction of sp³-hybridized carbons (Fsp3) is 0.364. The second-order valence-corrected chi connectivity index (χ2v) is 4.32. The first-order chi connectivity index (χ1) is 7.82. The van der Waals surface area contributed by atoms with Gasteiger partial charge in [-0.25, -0.2) is 4.79 Å². The zero-order chi connectivity index (χ0) is 13.3. The standard InChI is InChI=1S/C11H15BO4S/c1-5-8(11(13)16-4)6(2)10(17)7(3)9(5)12(14)15/h14-15,17H,1-4H3. The van der Waals surface area contributed by atoms with Crippen molar-refractivity contribution in [2.24, 2.45) is 0 Å². The molecule has 1 rings (SSSR count). The zero-order valence-electron chi connectivity index (χ0n) is 10.2. The van der Waals surface area contributed by atoms with E-state index >= 15 is 0 Å². The van der Waals surface area contributed by atoms with Crippen molar-refractivity contribution in [1.29, 1.82) is 0 Å². The molecule has 0 aliphatic rings. The van der Waals surface area contributed by atoms with Crippen LogP contribution in [0.3, 0.4) is 0 Å². The van der Waals surface area contributed by atoms with Crippen LogP contribution in [-0.2, 0) is 4.74 Å². The molecule has 0 aliphatic carbocycles. The number of rotatable bonds is 2. The minimum absolute atomic E-state index is 0.306. The SMILES string of the molecule is COC(=O)c1c(C)c(S)c(C)c(B(O)O)c1C. The lowest BCUT2D eigenvalue weighted by atomic mass is 9.72. The molecule has 0 bridgehead atoms. The average Bonchev–Trinajstić information content (AvgIpc) is 2.25. The summed E-state index contributed by atoms with van der Waals surface area (Å²) in [6, 6.07) is 0. The van der Waals surface area contributed by atoms with Gasteiger partial charge in [0.1, 0.15) is 0 Å². The van der Waals surface area contributed by atoms with Crippen LogP contribution in [0, 0.1) is 20.8 Å². The van der Waals surface area contributed by atoms with Crippen LogP contribution in [-0.4, -0.2) is 30.2 Å². The molecule has 0 spiro atoms. The molecule has 92 valence electrons. The number of carbonyl (C=O) groups is 1. The van der Waals surface area contributed by atoms with Crippen LogP contribution in [0.5, 0.6) is 0 Å². The molecule has 1 aromatic carbocycles. The Morgan fingerprint density at radius 1 is 1.18 bits per heavy atom. The lowest BCUT2D eigenvalue weighted by molar-refractivity contribution is 0.0599. The van der Waals surface area contributed by atoms with Crippen LogP contribution in [0.1, 0.15) is 27.0 Å². The number of hydrogen-bond acceptors (Lipinski definition) is 5. The maximum Gasteiger partial charge on any atom is 0.489 e. The molecular formula is C11H15BO4S. The minimum Gasteiger partial charge on any atom is -0.465 e. The Kier molecular flexibility index (Phi) is 4.24. The van der Waals surface area contributed by atoms with E-state index in [1.54, 1.807) is 20.8 Å². The summed E-state index contributed by atoms with van der Waals surface area (Å²) in [6.07, 6.45) is 0. The predicted molar refractivity (Wildman–Crippen MR) is 69.1 cm³/mol. The van der Waals surface area contributed by atoms with E-state index in [4.69, 9.17) is 4.74 Å². The molecule has 0 radical (unpaired) electrons. The number of ether oxygens (including phenoxy) is 1. The van der Waals surface area contributed by atoms with Crippen LogP contribution in [0.15, 0.2) is 4.90 Å². The van der Waals surface area contributed by atoms with E-state index in [1.165, 1.54) is 7.11 Å². The number of hydrogen-bond donors (Lipinski definition) is 3. The second-order valence-electron chi connectivity index (χ2n) is 3.88. The van der Waals surface area contributed by atoms with Gasteiger partial charge >= 0.3 is 13.1 Å². The fourth-order valence-electron chi connectivity index (χ4n) is 2.02. The van der Waals surface area contributed by atoms with Crippen molar-refractivity contribution in [2.45, 2.75) is 25.7 Å². The monoisotopic (exact) mass is 254 g/mol. The third-order valence-corrected chi connectivity index (χ3v) is 3.59. The van der Waals surface area contributed by atoms with E-state index in [0.29, 0.717) is 32.6 Å². The fourth-order valence-corrected chi connectivity index (χ4v) is 2.25. The van der Waals surface area contributed by atoms with Gasteiger partial charge in [-0.05, 0) is 42.9 Å². The van der Waals surface area contributed by atoms with Crippen molar-refractivity contribution in [2.75, 3.05) is 7.11 Å². The van der Waals surface area contributed by atoms with Crippen LogP contribution in [0.2, 0.25) is 0 Å². The summed E-state index contributed by atoms with van der Waals surface area (Å²) >= 11 is 4.30. The zero-order valence-corrected chi connectivity index (χ0v) is 11.1. The summed E-state index contributed by atoms with van der Waals surface area (Å²) in [5, 5.41) is 18.7. The molecule has 0 saturated carbocycles. The summed E-state index contributed by atoms with van der Waals surface area (Å²) in [5.74, 6) is -0.503. The van der Waals surface area contributed by atoms with Gasteiger partial charge in [0.15, 0.2) is 0 Å². The Bertz CT molecular complexity index is 471. The highest BCUT2D eigenvalue weighted by Gasteiger charge is 2.26. The highest BCUT2D eigenvalue weighted by atomic mass is 32.1. The summed E-state index contributed by atoms with van der Waals surface area (Å²) in [6.45, 7) is 5.15. The van der Waals surface area contributed by atoms with E-state index in [-0.39, 0.29) is 0 Å². The van der Waals surface area contributed by atoms with Gasteiger partial charge < -0.3 is 14.8 Å². The summed E-state index contributed by atoms with van der Waals surface area (Å²) < 4.78 is 4.69. The van der Waals surface area contributed by atoms with E-state index in [0.717, 1.165) is 0 Å². The van der Waals surface area contributed by atoms with Gasteiger partial charge in [-0.1, -0.05) is 0 Å². The Balaban J connectivity index is 3.68. The molecule has 4 nitrogen and oxygen atoms in total. The predicted octanol–water partition coefficient (Wildman–Crippen LogP) is 0.367. The van der Waals surface area contributed by atoms with E-state index in [9.17, 15) is 14.8 Å². The molecule has 2 N–H and O–H groups in total. The smallest absolute Gasteiger partial charge is 0.465 e. The number of thiol groups is 1. The second kappa shape index (κ2) is 5.12. The Labute approximate surface area is 106 Å². The molecule has 17 heavy (non-hydrogen) atoms. The Morgan fingerprint density at radius 2 is 1.71 bits per heavy atom. The maximum atomic E-state index is 11.7. The van der Waals surface area contributed by atoms with Crippen molar-refractivity contribution >= 4 is 31.2 Å². The average molecular weight is 254 g/mol. The van der Waals surface area contributed by atoms with Gasteiger partial charge in [-0.2, -0.15) is 0 Å². The molecule has 6 heteroatoms. The quantitative estimate of drug-likeness (QED) is 0.405. The van der Waals surface area contributed by atoms with Crippen molar-refractivity contribution < 1.29 is 19.6 Å². The summed E-state index contributed by atoms with van der Waals surface area (Å²) in [4.78, 5) is 12.2. The number of carbonyl (C=O) groups excluding carboxylic acids is 1. The van der Waals surface area contributed by atoms with Crippen LogP contribution in [0.4, 0.5) is 0 Å². The van der Waals surface area contributed by atoms with Crippen molar-refractivity contribution in [3.05, 3.63) is 22.3 Å². The van der Waals surface area contributed by atoms with Crippen molar-refractivity contribution in [3.63, 3.8) is 0 Å². The minimum atomic E-state index is -1.63. The van der Waals surface area contributed by atoms with Crippen LogP contribution < -0.4 is 5.46 Å².